The molecule has 1 aromatic heterocycles. The zero-order valence-corrected chi connectivity index (χ0v) is 13.0. The average molecular weight is 323 g/mol. The number of benzene rings is 1. The molecule has 0 spiro atoms. The molecule has 1 fully saturated rings. The molecule has 1 aromatic carbocycles. The lowest BCUT2D eigenvalue weighted by Gasteiger charge is -2.16. The third kappa shape index (κ3) is 3.86. The number of rotatable bonds is 4. The summed E-state index contributed by atoms with van der Waals surface area (Å²) in [5, 5.41) is 4.75. The number of hydrogen-bond acceptors (Lipinski definition) is 5. The maximum atomic E-state index is 11.2. The highest BCUT2D eigenvalue weighted by atomic mass is 35.5. The SMILES string of the molecule is O=C1CCC(c2nc(CSc3ccc(Cl)cc3)no2)CC1. The second kappa shape index (κ2) is 6.62. The molecule has 0 aliphatic heterocycles. The summed E-state index contributed by atoms with van der Waals surface area (Å²) in [6.45, 7) is 0. The number of hydrogen-bond donors (Lipinski definition) is 0. The van der Waals surface area contributed by atoms with Gasteiger partial charge in [0.2, 0.25) is 5.89 Å². The van der Waals surface area contributed by atoms with E-state index in [1.54, 1.807) is 11.8 Å². The summed E-state index contributed by atoms with van der Waals surface area (Å²) in [5.74, 6) is 2.61. The van der Waals surface area contributed by atoms with E-state index in [1.165, 1.54) is 0 Å². The molecule has 4 nitrogen and oxygen atoms in total. The molecule has 0 atom stereocenters. The molecule has 0 bridgehead atoms. The van der Waals surface area contributed by atoms with Gasteiger partial charge in [-0.25, -0.2) is 0 Å². The Morgan fingerprint density at radius 3 is 2.67 bits per heavy atom. The molecule has 0 radical (unpaired) electrons. The van der Waals surface area contributed by atoms with Gasteiger partial charge in [0.25, 0.3) is 0 Å². The number of ketones is 1. The molecular formula is C15H15ClN2O2S. The number of carbonyl (C=O) groups is 1. The van der Waals surface area contributed by atoms with Gasteiger partial charge < -0.3 is 4.52 Å². The summed E-state index contributed by atoms with van der Waals surface area (Å²) in [7, 11) is 0. The van der Waals surface area contributed by atoms with Gasteiger partial charge in [0.05, 0.1) is 5.75 Å². The number of halogens is 1. The average Bonchev–Trinajstić information content (AvgIpc) is 2.96. The molecule has 2 aromatic rings. The van der Waals surface area contributed by atoms with Crippen molar-refractivity contribution in [1.82, 2.24) is 10.1 Å². The lowest BCUT2D eigenvalue weighted by atomic mass is 9.88. The first kappa shape index (κ1) is 14.6. The van der Waals surface area contributed by atoms with Gasteiger partial charge in [0, 0.05) is 28.7 Å². The fourth-order valence-corrected chi connectivity index (χ4v) is 3.22. The van der Waals surface area contributed by atoms with Gasteiger partial charge in [0.1, 0.15) is 5.78 Å². The van der Waals surface area contributed by atoms with Crippen LogP contribution in [0.15, 0.2) is 33.7 Å². The highest BCUT2D eigenvalue weighted by molar-refractivity contribution is 7.98. The summed E-state index contributed by atoms with van der Waals surface area (Å²) in [6.07, 6.45) is 2.90. The van der Waals surface area contributed by atoms with Crippen LogP contribution in [0.5, 0.6) is 0 Å². The predicted octanol–water partition coefficient (Wildman–Crippen LogP) is 4.24. The van der Waals surface area contributed by atoms with E-state index in [0.29, 0.717) is 36.1 Å². The fraction of sp³-hybridized carbons (Fsp3) is 0.400. The third-order valence-corrected chi connectivity index (χ3v) is 4.82. The molecule has 0 saturated heterocycles. The first-order chi connectivity index (χ1) is 10.2. The molecule has 110 valence electrons. The van der Waals surface area contributed by atoms with Crippen LogP contribution in [0.2, 0.25) is 5.02 Å². The Morgan fingerprint density at radius 1 is 1.24 bits per heavy atom. The Hall–Kier alpha value is -1.33. The molecule has 6 heteroatoms. The quantitative estimate of drug-likeness (QED) is 0.788. The van der Waals surface area contributed by atoms with Gasteiger partial charge in [0.15, 0.2) is 5.82 Å². The molecule has 0 N–H and O–H groups in total. The number of thioether (sulfide) groups is 1. The Labute approximate surface area is 132 Å². The number of aromatic nitrogens is 2. The summed E-state index contributed by atoms with van der Waals surface area (Å²) in [4.78, 5) is 16.8. The highest BCUT2D eigenvalue weighted by Crippen LogP contribution is 2.31. The Morgan fingerprint density at radius 2 is 1.95 bits per heavy atom. The second-order valence-electron chi connectivity index (χ2n) is 5.10. The molecular weight excluding hydrogens is 308 g/mol. The van der Waals surface area contributed by atoms with Crippen molar-refractivity contribution < 1.29 is 9.32 Å². The predicted molar refractivity (Wildman–Crippen MR) is 81.5 cm³/mol. The van der Waals surface area contributed by atoms with Crippen molar-refractivity contribution in [1.29, 1.82) is 0 Å². The van der Waals surface area contributed by atoms with E-state index < -0.39 is 0 Å². The van der Waals surface area contributed by atoms with Gasteiger partial charge in [-0.1, -0.05) is 16.8 Å². The van der Waals surface area contributed by atoms with Gasteiger partial charge in [-0.3, -0.25) is 4.79 Å². The standard InChI is InChI=1S/C15H15ClN2O2S/c16-11-3-7-13(8-4-11)21-9-14-17-15(20-18-14)10-1-5-12(19)6-2-10/h3-4,7-8,10H,1-2,5-6,9H2. The number of nitrogens with zero attached hydrogens (tertiary/aromatic N) is 2. The Bertz CT molecular complexity index is 617. The Balaban J connectivity index is 1.57. The lowest BCUT2D eigenvalue weighted by molar-refractivity contribution is -0.120. The smallest absolute Gasteiger partial charge is 0.229 e. The normalized spacial score (nSPS) is 16.3. The van der Waals surface area contributed by atoms with Crippen LogP contribution in [-0.4, -0.2) is 15.9 Å². The molecule has 3 rings (SSSR count). The molecule has 0 unspecified atom stereocenters. The van der Waals surface area contributed by atoms with Crippen LogP contribution in [-0.2, 0) is 10.5 Å². The first-order valence-electron chi connectivity index (χ1n) is 6.93. The molecule has 1 aliphatic carbocycles. The lowest BCUT2D eigenvalue weighted by Crippen LogP contribution is -2.12. The first-order valence-corrected chi connectivity index (χ1v) is 8.29. The van der Waals surface area contributed by atoms with Crippen LogP contribution in [0.25, 0.3) is 0 Å². The van der Waals surface area contributed by atoms with E-state index in [-0.39, 0.29) is 5.92 Å². The third-order valence-electron chi connectivity index (χ3n) is 3.56. The topological polar surface area (TPSA) is 56.0 Å². The maximum Gasteiger partial charge on any atom is 0.229 e. The largest absolute Gasteiger partial charge is 0.339 e. The minimum absolute atomic E-state index is 0.240. The summed E-state index contributed by atoms with van der Waals surface area (Å²) in [5.41, 5.74) is 0. The highest BCUT2D eigenvalue weighted by Gasteiger charge is 2.24. The van der Waals surface area contributed by atoms with Crippen molar-refractivity contribution in [3.63, 3.8) is 0 Å². The zero-order valence-electron chi connectivity index (χ0n) is 11.4. The molecule has 0 amide bonds. The van der Waals surface area contributed by atoms with Gasteiger partial charge >= 0.3 is 0 Å². The van der Waals surface area contributed by atoms with E-state index in [4.69, 9.17) is 16.1 Å². The van der Waals surface area contributed by atoms with Crippen molar-refractivity contribution in [2.45, 2.75) is 42.2 Å². The summed E-state index contributed by atoms with van der Waals surface area (Å²) >= 11 is 7.50. The molecule has 1 aliphatic rings. The van der Waals surface area contributed by atoms with Crippen LogP contribution < -0.4 is 0 Å². The van der Waals surface area contributed by atoms with Crippen LogP contribution in [0.3, 0.4) is 0 Å². The van der Waals surface area contributed by atoms with Crippen molar-refractivity contribution in [3.05, 3.63) is 41.0 Å². The molecule has 21 heavy (non-hydrogen) atoms. The maximum absolute atomic E-state index is 11.2. The second-order valence-corrected chi connectivity index (χ2v) is 6.59. The molecule has 1 saturated carbocycles. The summed E-state index contributed by atoms with van der Waals surface area (Å²) in [6, 6.07) is 7.68. The number of Topliss-reactive ketones (excluding diaryl/α,β-unsaturated/α-hetero) is 1. The van der Waals surface area contributed by atoms with Crippen molar-refractivity contribution in [2.75, 3.05) is 0 Å². The number of carbonyl (C=O) groups excluding carboxylic acids is 1. The minimum atomic E-state index is 0.240. The minimum Gasteiger partial charge on any atom is -0.339 e. The van der Waals surface area contributed by atoms with Crippen molar-refractivity contribution in [2.24, 2.45) is 0 Å². The zero-order chi connectivity index (χ0) is 14.7. The van der Waals surface area contributed by atoms with Crippen LogP contribution in [0.1, 0.15) is 43.3 Å². The van der Waals surface area contributed by atoms with E-state index in [1.807, 2.05) is 24.3 Å². The van der Waals surface area contributed by atoms with E-state index in [2.05, 4.69) is 10.1 Å². The monoisotopic (exact) mass is 322 g/mol. The van der Waals surface area contributed by atoms with E-state index in [9.17, 15) is 4.79 Å². The van der Waals surface area contributed by atoms with Crippen LogP contribution >= 0.6 is 23.4 Å². The van der Waals surface area contributed by atoms with Gasteiger partial charge in [-0.2, -0.15) is 4.98 Å². The fourth-order valence-electron chi connectivity index (χ4n) is 2.36. The Kier molecular flexibility index (Phi) is 4.60. The van der Waals surface area contributed by atoms with Crippen LogP contribution in [0, 0.1) is 0 Å². The van der Waals surface area contributed by atoms with Gasteiger partial charge in [-0.05, 0) is 37.1 Å². The van der Waals surface area contributed by atoms with E-state index in [0.717, 1.165) is 22.8 Å². The van der Waals surface area contributed by atoms with Crippen molar-refractivity contribution in [3.8, 4) is 0 Å². The van der Waals surface area contributed by atoms with Gasteiger partial charge in [-0.15, -0.1) is 11.8 Å². The summed E-state index contributed by atoms with van der Waals surface area (Å²) < 4.78 is 5.34. The van der Waals surface area contributed by atoms with Crippen LogP contribution in [0.4, 0.5) is 0 Å². The van der Waals surface area contributed by atoms with E-state index >= 15 is 0 Å². The molecule has 1 heterocycles. The van der Waals surface area contributed by atoms with Crippen molar-refractivity contribution >= 4 is 29.1 Å².